The van der Waals surface area contributed by atoms with Crippen molar-refractivity contribution in [3.05, 3.63) is 0 Å². The molecule has 68 valence electrons. The van der Waals surface area contributed by atoms with Crippen LogP contribution in [0, 0.1) is 0 Å². The van der Waals surface area contributed by atoms with Crippen molar-refractivity contribution < 1.29 is 28.3 Å². The van der Waals surface area contributed by atoms with Gasteiger partial charge in [-0.25, -0.2) is 0 Å². The molecule has 1 N–H and O–H groups in total. The summed E-state index contributed by atoms with van der Waals surface area (Å²) in [6, 6.07) is 0. The van der Waals surface area contributed by atoms with Crippen LogP contribution in [-0.4, -0.2) is 11.7 Å². The molecule has 0 atom stereocenters. The first-order valence-corrected chi connectivity index (χ1v) is 5.39. The fourth-order valence-electron chi connectivity index (χ4n) is 0.892. The Bertz CT molecular complexity index is 54.1. The molecule has 3 heteroatoms. The van der Waals surface area contributed by atoms with Crippen molar-refractivity contribution in [2.75, 3.05) is 6.61 Å². The van der Waals surface area contributed by atoms with Crippen LogP contribution in [0.5, 0.6) is 0 Å². The van der Waals surface area contributed by atoms with E-state index in [1.807, 2.05) is 0 Å². The van der Waals surface area contributed by atoms with Crippen LogP contribution in [0.4, 0.5) is 0 Å². The number of hydrogen-bond donors (Lipinski definition) is 1. The van der Waals surface area contributed by atoms with Gasteiger partial charge in [0.05, 0.1) is 0 Å². The average molecular weight is 330 g/mol. The standard InChI is InChI=1S/C8H18O.O.W/c1-2-3-4-5-6-7-8-9;;/h9H,2-8H2,1H3;;. The van der Waals surface area contributed by atoms with Gasteiger partial charge in [0.25, 0.3) is 0 Å². The number of unbranched alkanes of at least 4 members (excludes halogenated alkanes) is 5. The Labute approximate surface area is 80.6 Å². The Morgan fingerprint density at radius 1 is 1.00 bits per heavy atom. The fourth-order valence-corrected chi connectivity index (χ4v) is 0.892. The summed E-state index contributed by atoms with van der Waals surface area (Å²) in [5.41, 5.74) is 0. The molecular formula is C8H18O2W. The van der Waals surface area contributed by atoms with Crippen LogP contribution < -0.4 is 0 Å². The second-order valence-electron chi connectivity index (χ2n) is 2.49. The topological polar surface area (TPSA) is 37.3 Å². The van der Waals surface area contributed by atoms with Gasteiger partial charge in [-0.15, -0.1) is 0 Å². The van der Waals surface area contributed by atoms with E-state index < -0.39 is 0 Å². The molecule has 0 heterocycles. The summed E-state index contributed by atoms with van der Waals surface area (Å²) in [6.45, 7) is 2.58. The Morgan fingerprint density at radius 2 is 1.45 bits per heavy atom. The molecule has 0 aromatic rings. The number of rotatable bonds is 6. The molecule has 0 radical (unpaired) electrons. The summed E-state index contributed by atoms with van der Waals surface area (Å²) in [5.74, 6) is 0. The van der Waals surface area contributed by atoms with E-state index in [1.54, 1.807) is 0 Å². The number of hydrogen-bond acceptors (Lipinski definition) is 2. The van der Waals surface area contributed by atoms with Crippen molar-refractivity contribution in [2.24, 2.45) is 0 Å². The minimum atomic E-state index is 0.333. The van der Waals surface area contributed by atoms with Crippen molar-refractivity contribution >= 4 is 0 Å². The van der Waals surface area contributed by atoms with E-state index >= 15 is 0 Å². The molecule has 0 bridgehead atoms. The summed E-state index contributed by atoms with van der Waals surface area (Å²) in [5, 5.41) is 8.42. The van der Waals surface area contributed by atoms with Crippen molar-refractivity contribution in [2.45, 2.75) is 45.4 Å². The van der Waals surface area contributed by atoms with E-state index in [4.69, 9.17) is 8.50 Å². The monoisotopic (exact) mass is 330 g/mol. The second-order valence-corrected chi connectivity index (χ2v) is 2.49. The third-order valence-corrected chi connectivity index (χ3v) is 1.51. The quantitative estimate of drug-likeness (QED) is 0.759. The Hall–Kier alpha value is 0.448. The predicted molar refractivity (Wildman–Crippen MR) is 41.1 cm³/mol. The maximum absolute atomic E-state index is 8.42. The Balaban J connectivity index is 0. The molecule has 0 aromatic heterocycles. The molecular weight excluding hydrogens is 312 g/mol. The zero-order chi connectivity index (χ0) is 8.95. The summed E-state index contributed by atoms with van der Waals surface area (Å²) in [7, 11) is 0. The molecule has 0 saturated carbocycles. The van der Waals surface area contributed by atoms with Gasteiger partial charge in [0.1, 0.15) is 0 Å². The molecule has 0 amide bonds. The molecule has 0 fully saturated rings. The van der Waals surface area contributed by atoms with Crippen LogP contribution >= 0.6 is 0 Å². The van der Waals surface area contributed by atoms with Crippen molar-refractivity contribution in [3.8, 4) is 0 Å². The third kappa shape index (κ3) is 17.9. The van der Waals surface area contributed by atoms with Gasteiger partial charge in [0.15, 0.2) is 0 Å². The number of aliphatic hydroxyl groups is 1. The van der Waals surface area contributed by atoms with Gasteiger partial charge in [-0.05, 0) is 6.42 Å². The SMILES string of the molecule is CCCCCCCCO.[O]=[W]. The first-order valence-electron chi connectivity index (χ1n) is 4.19. The van der Waals surface area contributed by atoms with E-state index in [2.05, 4.69) is 6.92 Å². The molecule has 0 aliphatic carbocycles. The predicted octanol–water partition coefficient (Wildman–Crippen LogP) is 2.22. The summed E-state index contributed by atoms with van der Waals surface area (Å²) < 4.78 is 8.33. The molecule has 11 heavy (non-hydrogen) atoms. The van der Waals surface area contributed by atoms with Crippen LogP contribution in [0.1, 0.15) is 45.4 Å². The van der Waals surface area contributed by atoms with Crippen LogP contribution in [-0.2, 0) is 23.2 Å². The normalized spacial score (nSPS) is 8.55. The minimum absolute atomic E-state index is 0.333. The van der Waals surface area contributed by atoms with Gasteiger partial charge in [0.2, 0.25) is 0 Å². The second kappa shape index (κ2) is 16.8. The van der Waals surface area contributed by atoms with Crippen molar-refractivity contribution in [3.63, 3.8) is 0 Å². The average Bonchev–Trinajstić information content (AvgIpc) is 2.08. The molecule has 0 spiro atoms. The summed E-state index contributed by atoms with van der Waals surface area (Å²) in [6.07, 6.45) is 7.50. The van der Waals surface area contributed by atoms with E-state index in [-0.39, 0.29) is 0 Å². The van der Waals surface area contributed by atoms with Gasteiger partial charge >= 0.3 is 23.2 Å². The maximum atomic E-state index is 8.42. The van der Waals surface area contributed by atoms with Gasteiger partial charge in [-0.1, -0.05) is 39.0 Å². The molecule has 0 saturated heterocycles. The molecule has 0 unspecified atom stereocenters. The van der Waals surface area contributed by atoms with Gasteiger partial charge in [-0.2, -0.15) is 0 Å². The van der Waals surface area contributed by atoms with Gasteiger partial charge in [-0.3, -0.25) is 0 Å². The zero-order valence-electron chi connectivity index (χ0n) is 7.21. The van der Waals surface area contributed by atoms with E-state index in [9.17, 15) is 0 Å². The molecule has 0 rings (SSSR count). The fraction of sp³-hybridized carbons (Fsp3) is 1.00. The van der Waals surface area contributed by atoms with Gasteiger partial charge in [0, 0.05) is 6.61 Å². The zero-order valence-corrected chi connectivity index (χ0v) is 10.1. The van der Waals surface area contributed by atoms with Crippen LogP contribution in [0.15, 0.2) is 0 Å². The first-order chi connectivity index (χ1) is 5.41. The summed E-state index contributed by atoms with van der Waals surface area (Å²) in [4.78, 5) is 0. The third-order valence-electron chi connectivity index (χ3n) is 1.51. The molecule has 0 aliphatic rings. The van der Waals surface area contributed by atoms with Crippen LogP contribution in [0.3, 0.4) is 0 Å². The van der Waals surface area contributed by atoms with Gasteiger partial charge < -0.3 is 5.11 Å². The molecule has 0 aliphatic heterocycles. The Morgan fingerprint density at radius 3 is 1.91 bits per heavy atom. The molecule has 2 nitrogen and oxygen atoms in total. The van der Waals surface area contributed by atoms with Crippen molar-refractivity contribution in [1.82, 2.24) is 0 Å². The Kier molecular flexibility index (Phi) is 21.4. The van der Waals surface area contributed by atoms with Crippen LogP contribution in [0.25, 0.3) is 0 Å². The van der Waals surface area contributed by atoms with E-state index in [0.717, 1.165) is 6.42 Å². The van der Waals surface area contributed by atoms with Crippen LogP contribution in [0.2, 0.25) is 0 Å². The van der Waals surface area contributed by atoms with E-state index in [1.165, 1.54) is 32.1 Å². The number of aliphatic hydroxyl groups excluding tert-OH is 1. The first kappa shape index (κ1) is 14.0. The van der Waals surface area contributed by atoms with Crippen molar-refractivity contribution in [1.29, 1.82) is 0 Å². The summed E-state index contributed by atoms with van der Waals surface area (Å²) >= 11 is 0.333. The van der Waals surface area contributed by atoms with E-state index in [0.29, 0.717) is 26.4 Å². The molecule has 0 aromatic carbocycles.